The summed E-state index contributed by atoms with van der Waals surface area (Å²) in [4.78, 5) is 18.8. The van der Waals surface area contributed by atoms with Gasteiger partial charge in [-0.25, -0.2) is 13.1 Å². The quantitative estimate of drug-likeness (QED) is 0.463. The Labute approximate surface area is 212 Å². The number of halogens is 3. The first kappa shape index (κ1) is 25.5. The number of benzene rings is 1. The third-order valence-corrected chi connectivity index (χ3v) is 13.9. The molecule has 3 aromatic rings. The van der Waals surface area contributed by atoms with Crippen LogP contribution in [0, 0.1) is 0 Å². The van der Waals surface area contributed by atoms with Crippen LogP contribution in [0.3, 0.4) is 0 Å². The molecule has 0 aliphatic carbocycles. The van der Waals surface area contributed by atoms with Crippen LogP contribution in [-0.4, -0.2) is 72.7 Å². The van der Waals surface area contributed by atoms with Crippen molar-refractivity contribution in [1.82, 2.24) is 19.7 Å². The van der Waals surface area contributed by atoms with Gasteiger partial charge < -0.3 is 4.90 Å². The number of hydrogen-bond donors (Lipinski definition) is 0. The molecule has 0 radical (unpaired) electrons. The predicted molar refractivity (Wildman–Crippen MR) is 134 cm³/mol. The molecule has 0 bridgehead atoms. The fraction of sp³-hybridized carbons (Fsp3) is 0.333. The Hall–Kier alpha value is -3.19. The molecule has 2 aliphatic heterocycles. The molecule has 2 aliphatic rings. The Bertz CT molecular complexity index is 1520. The monoisotopic (exact) mass is 552 g/mol. The van der Waals surface area contributed by atoms with Crippen molar-refractivity contribution in [2.75, 3.05) is 24.6 Å². The lowest BCUT2D eigenvalue weighted by atomic mass is 10.1. The van der Waals surface area contributed by atoms with Crippen molar-refractivity contribution in [3.05, 3.63) is 66.1 Å². The standard InChI is InChI=1S/C24H23F3N4O4S2/c1-36(33)14-15-37(34,35)23(36)8-12-30(13-9-23)22(32)20-16-21(17-6-10-28-11-7-17)31(29-20)19-4-2-18(3-5-19)24(25,26)27/h2-7,10-11,16H,1,8-9,12-15H2. The van der Waals surface area contributed by atoms with Crippen LogP contribution in [-0.2, 0) is 25.5 Å². The van der Waals surface area contributed by atoms with Crippen molar-refractivity contribution in [2.24, 2.45) is 0 Å². The molecule has 1 amide bonds. The molecule has 0 saturated carbocycles. The molecule has 196 valence electrons. The number of nitrogens with zero attached hydrogens (tertiary/aromatic N) is 4. The normalized spacial score (nSPS) is 22.8. The summed E-state index contributed by atoms with van der Waals surface area (Å²) in [7, 11) is -6.45. The highest BCUT2D eigenvalue weighted by Gasteiger charge is 2.56. The summed E-state index contributed by atoms with van der Waals surface area (Å²) in [6.45, 7) is 0.143. The molecular weight excluding hydrogens is 529 g/mol. The van der Waals surface area contributed by atoms with Gasteiger partial charge >= 0.3 is 6.18 Å². The fourth-order valence-electron chi connectivity index (χ4n) is 4.95. The van der Waals surface area contributed by atoms with Gasteiger partial charge in [-0.05, 0) is 70.7 Å². The maximum atomic E-state index is 13.4. The molecule has 2 fully saturated rings. The first-order chi connectivity index (χ1) is 17.3. The number of pyridine rings is 1. The van der Waals surface area contributed by atoms with Gasteiger partial charge in [0.15, 0.2) is 15.5 Å². The number of aromatic nitrogens is 3. The van der Waals surface area contributed by atoms with Crippen LogP contribution in [0.25, 0.3) is 16.9 Å². The Kier molecular flexibility index (Phi) is 5.98. The van der Waals surface area contributed by atoms with Crippen molar-refractivity contribution in [2.45, 2.75) is 23.1 Å². The van der Waals surface area contributed by atoms with Gasteiger partial charge in [0, 0.05) is 36.8 Å². The molecule has 13 heteroatoms. The Balaban J connectivity index is 1.47. The van der Waals surface area contributed by atoms with E-state index in [-0.39, 0.29) is 43.1 Å². The van der Waals surface area contributed by atoms with Gasteiger partial charge in [0.1, 0.15) is 4.08 Å². The largest absolute Gasteiger partial charge is 0.416 e. The fourth-order valence-corrected chi connectivity index (χ4v) is 11.7. The minimum Gasteiger partial charge on any atom is -0.337 e. The Morgan fingerprint density at radius 3 is 2.14 bits per heavy atom. The lowest BCUT2D eigenvalue weighted by Gasteiger charge is -2.39. The average molecular weight is 553 g/mol. The molecule has 2 saturated heterocycles. The molecule has 4 heterocycles. The minimum absolute atomic E-state index is 0.0239. The SMILES string of the molecule is C=S1(=O)CCS(=O)(=O)C12CCN(C(=O)c1cc(-c3ccncc3)n(-c3ccc(C(F)(F)F)cc3)n1)CC2. The van der Waals surface area contributed by atoms with E-state index < -0.39 is 41.1 Å². The zero-order valence-corrected chi connectivity index (χ0v) is 21.2. The summed E-state index contributed by atoms with van der Waals surface area (Å²) in [6, 6.07) is 9.34. The third-order valence-electron chi connectivity index (χ3n) is 7.08. The van der Waals surface area contributed by atoms with Gasteiger partial charge in [-0.1, -0.05) is 0 Å². The average Bonchev–Trinajstić information content (AvgIpc) is 3.39. The zero-order valence-electron chi connectivity index (χ0n) is 19.5. The van der Waals surface area contributed by atoms with Crippen molar-refractivity contribution >= 4 is 31.1 Å². The van der Waals surface area contributed by atoms with Crippen molar-refractivity contribution in [1.29, 1.82) is 0 Å². The van der Waals surface area contributed by atoms with Gasteiger partial charge in [-0.3, -0.25) is 14.0 Å². The summed E-state index contributed by atoms with van der Waals surface area (Å²) in [5.41, 5.74) is 0.680. The number of piperidine rings is 1. The van der Waals surface area contributed by atoms with Crippen molar-refractivity contribution in [3.8, 4) is 16.9 Å². The zero-order chi connectivity index (χ0) is 26.6. The second-order valence-electron chi connectivity index (χ2n) is 9.14. The maximum Gasteiger partial charge on any atom is 0.416 e. The number of amides is 1. The van der Waals surface area contributed by atoms with Crippen LogP contribution in [0.2, 0.25) is 0 Å². The highest BCUT2D eigenvalue weighted by atomic mass is 32.3. The highest BCUT2D eigenvalue weighted by Crippen LogP contribution is 2.42. The second kappa shape index (κ2) is 8.69. The van der Waals surface area contributed by atoms with Crippen LogP contribution in [0.15, 0.2) is 54.9 Å². The third kappa shape index (κ3) is 4.23. The van der Waals surface area contributed by atoms with Crippen LogP contribution in [0.5, 0.6) is 0 Å². The molecule has 8 nitrogen and oxygen atoms in total. The predicted octanol–water partition coefficient (Wildman–Crippen LogP) is 3.03. The van der Waals surface area contributed by atoms with Crippen LogP contribution < -0.4 is 0 Å². The Morgan fingerprint density at radius 2 is 1.59 bits per heavy atom. The van der Waals surface area contributed by atoms with Gasteiger partial charge in [0.25, 0.3) is 5.91 Å². The highest BCUT2D eigenvalue weighted by molar-refractivity contribution is 8.17. The van der Waals surface area contributed by atoms with E-state index in [2.05, 4.69) is 16.0 Å². The number of hydrogen-bond acceptors (Lipinski definition) is 6. The number of rotatable bonds is 3. The van der Waals surface area contributed by atoms with Crippen molar-refractivity contribution in [3.63, 3.8) is 0 Å². The lowest BCUT2D eigenvalue weighted by Crippen LogP contribution is -2.52. The van der Waals surface area contributed by atoms with E-state index >= 15 is 0 Å². The molecule has 1 unspecified atom stereocenters. The molecule has 1 atom stereocenters. The van der Waals surface area contributed by atoms with E-state index in [0.29, 0.717) is 16.9 Å². The first-order valence-corrected chi connectivity index (χ1v) is 14.9. The van der Waals surface area contributed by atoms with Crippen LogP contribution in [0.1, 0.15) is 28.9 Å². The summed E-state index contributed by atoms with van der Waals surface area (Å²) in [6.07, 6.45) is -1.35. The number of sulfone groups is 1. The van der Waals surface area contributed by atoms with Gasteiger partial charge in [-0.15, -0.1) is 0 Å². The van der Waals surface area contributed by atoms with E-state index in [1.54, 1.807) is 24.5 Å². The smallest absolute Gasteiger partial charge is 0.337 e. The van der Waals surface area contributed by atoms with Gasteiger partial charge in [-0.2, -0.15) is 18.3 Å². The number of likely N-dealkylation sites (tertiary alicyclic amines) is 1. The van der Waals surface area contributed by atoms with E-state index in [0.717, 1.165) is 12.1 Å². The molecule has 1 spiro atoms. The number of carbonyl (C=O) groups is 1. The van der Waals surface area contributed by atoms with Gasteiger partial charge in [0.05, 0.1) is 22.7 Å². The number of alkyl halides is 3. The molecule has 5 rings (SSSR count). The summed E-state index contributed by atoms with van der Waals surface area (Å²) < 4.78 is 77.6. The molecular formula is C24H23F3N4O4S2. The van der Waals surface area contributed by atoms with E-state index in [4.69, 9.17) is 0 Å². The Morgan fingerprint density at radius 1 is 0.973 bits per heavy atom. The topological polar surface area (TPSA) is 102 Å². The van der Waals surface area contributed by atoms with E-state index in [9.17, 15) is 30.6 Å². The maximum absolute atomic E-state index is 13.4. The minimum atomic E-state index is -4.49. The number of carbonyl (C=O) groups excluding carboxylic acids is 1. The van der Waals surface area contributed by atoms with Crippen molar-refractivity contribution < 1.29 is 30.6 Å². The van der Waals surface area contributed by atoms with E-state index in [1.165, 1.54) is 27.8 Å². The molecule has 0 N–H and O–H groups in total. The lowest BCUT2D eigenvalue weighted by molar-refractivity contribution is -0.137. The molecule has 1 aromatic carbocycles. The molecule has 37 heavy (non-hydrogen) atoms. The van der Waals surface area contributed by atoms with Crippen LogP contribution >= 0.6 is 0 Å². The molecule has 2 aromatic heterocycles. The van der Waals surface area contributed by atoms with Crippen LogP contribution in [0.4, 0.5) is 13.2 Å². The van der Waals surface area contributed by atoms with E-state index in [1.807, 2.05) is 0 Å². The van der Waals surface area contributed by atoms with Gasteiger partial charge in [0.2, 0.25) is 0 Å². The first-order valence-electron chi connectivity index (χ1n) is 11.4. The summed E-state index contributed by atoms with van der Waals surface area (Å²) >= 11 is 0. The second-order valence-corrected chi connectivity index (χ2v) is 14.6. The summed E-state index contributed by atoms with van der Waals surface area (Å²) in [5, 5.41) is 4.41. The summed E-state index contributed by atoms with van der Waals surface area (Å²) in [5.74, 6) is 3.12.